The lowest BCUT2D eigenvalue weighted by Crippen LogP contribution is -2.05. The first-order chi connectivity index (χ1) is 12.7. The first-order valence-corrected chi connectivity index (χ1v) is 11.7. The van der Waals surface area contributed by atoms with E-state index < -0.39 is 0 Å². The highest BCUT2D eigenvalue weighted by Gasteiger charge is 2.11. The van der Waals surface area contributed by atoms with Crippen LogP contribution in [0.25, 0.3) is 0 Å². The van der Waals surface area contributed by atoms with E-state index in [1.165, 1.54) is 56.1 Å². The Kier molecular flexibility index (Phi) is 45.1. The average Bonchev–Trinajstić information content (AvgIpc) is 2.64. The first kappa shape index (κ1) is 37.0. The Hall–Kier alpha value is -0.780. The molecule has 0 bridgehead atoms. The van der Waals surface area contributed by atoms with Crippen molar-refractivity contribution < 1.29 is 0 Å². The van der Waals surface area contributed by atoms with Crippen LogP contribution < -0.4 is 0 Å². The normalized spacial score (nSPS) is 10.2. The minimum absolute atomic E-state index is 0.181. The number of hydrogen-bond donors (Lipinski definition) is 0. The third-order valence-corrected chi connectivity index (χ3v) is 3.15. The topological polar surface area (TPSA) is 0 Å². The molecule has 27 heavy (non-hydrogen) atoms. The minimum Gasteiger partial charge on any atom is -0.0953 e. The van der Waals surface area contributed by atoms with E-state index in [1.807, 2.05) is 13.8 Å². The summed E-state index contributed by atoms with van der Waals surface area (Å²) in [7, 11) is 0. The Bertz CT molecular complexity index is 292. The SMILES string of the molecule is C=C(/C=C/C(=C\C)CCCC)C(C)(C)C.CC.CCC.CCC.CCCC. The van der Waals surface area contributed by atoms with Gasteiger partial charge in [0.05, 0.1) is 0 Å². The summed E-state index contributed by atoms with van der Waals surface area (Å²) in [6, 6.07) is 0. The fraction of sp³-hybridized carbons (Fsp3) is 0.778. The Labute approximate surface area is 176 Å². The van der Waals surface area contributed by atoms with Crippen molar-refractivity contribution in [2.24, 2.45) is 5.41 Å². The van der Waals surface area contributed by atoms with Gasteiger partial charge in [0.15, 0.2) is 0 Å². The first-order valence-electron chi connectivity index (χ1n) is 11.7. The van der Waals surface area contributed by atoms with E-state index in [-0.39, 0.29) is 5.41 Å². The lowest BCUT2D eigenvalue weighted by atomic mass is 9.87. The molecule has 0 aliphatic carbocycles. The molecule has 0 heterocycles. The maximum atomic E-state index is 4.10. The molecular formula is C27H58. The zero-order valence-corrected chi connectivity index (χ0v) is 21.9. The van der Waals surface area contributed by atoms with Gasteiger partial charge in [0.25, 0.3) is 0 Å². The third kappa shape index (κ3) is 45.9. The van der Waals surface area contributed by atoms with Gasteiger partial charge in [-0.1, -0.05) is 146 Å². The van der Waals surface area contributed by atoms with E-state index in [9.17, 15) is 0 Å². The van der Waals surface area contributed by atoms with Crippen molar-refractivity contribution in [3.05, 3.63) is 36.0 Å². The largest absolute Gasteiger partial charge is 0.0953 e. The molecule has 0 aromatic heterocycles. The maximum absolute atomic E-state index is 4.10. The Balaban J connectivity index is -0.000000110. The van der Waals surface area contributed by atoms with Crippen LogP contribution in [0, 0.1) is 5.41 Å². The zero-order chi connectivity index (χ0) is 22.7. The van der Waals surface area contributed by atoms with Gasteiger partial charge in [0.1, 0.15) is 0 Å². The molecule has 0 saturated heterocycles. The van der Waals surface area contributed by atoms with E-state index in [4.69, 9.17) is 0 Å². The van der Waals surface area contributed by atoms with E-state index in [0.717, 1.165) is 0 Å². The van der Waals surface area contributed by atoms with Gasteiger partial charge in [-0.2, -0.15) is 0 Å². The number of hydrogen-bond acceptors (Lipinski definition) is 0. The van der Waals surface area contributed by atoms with E-state index in [2.05, 4.69) is 101 Å². The van der Waals surface area contributed by atoms with Crippen LogP contribution >= 0.6 is 0 Å². The molecule has 166 valence electrons. The summed E-state index contributed by atoms with van der Waals surface area (Å²) in [6.07, 6.45) is 15.4. The fourth-order valence-electron chi connectivity index (χ4n) is 1.16. The van der Waals surface area contributed by atoms with E-state index in [0.29, 0.717) is 0 Å². The maximum Gasteiger partial charge on any atom is -0.0138 e. The number of allylic oxidation sites excluding steroid dienone is 5. The Morgan fingerprint density at radius 2 is 1.11 bits per heavy atom. The van der Waals surface area contributed by atoms with Crippen LogP contribution in [-0.2, 0) is 0 Å². The van der Waals surface area contributed by atoms with Crippen molar-refractivity contribution in [1.29, 1.82) is 0 Å². The molecule has 0 N–H and O–H groups in total. The summed E-state index contributed by atoms with van der Waals surface area (Å²) in [5, 5.41) is 0. The highest BCUT2D eigenvalue weighted by Crippen LogP contribution is 2.25. The van der Waals surface area contributed by atoms with Crippen LogP contribution in [0.3, 0.4) is 0 Å². The summed E-state index contributed by atoms with van der Waals surface area (Å²) in [5.74, 6) is 0. The molecule has 0 amide bonds. The molecule has 0 radical (unpaired) electrons. The van der Waals surface area contributed by atoms with Crippen LogP contribution in [0.5, 0.6) is 0 Å². The number of unbranched alkanes of at least 4 members (excludes halogenated alkanes) is 2. The van der Waals surface area contributed by atoms with Gasteiger partial charge in [-0.25, -0.2) is 0 Å². The fourth-order valence-corrected chi connectivity index (χ4v) is 1.16. The number of rotatable bonds is 6. The molecule has 0 fully saturated rings. The second-order valence-corrected chi connectivity index (χ2v) is 7.49. The van der Waals surface area contributed by atoms with Crippen LogP contribution in [0.2, 0.25) is 0 Å². The molecule has 0 heteroatoms. The molecule has 0 saturated carbocycles. The van der Waals surface area contributed by atoms with E-state index in [1.54, 1.807) is 0 Å². The van der Waals surface area contributed by atoms with Crippen molar-refractivity contribution in [3.8, 4) is 0 Å². The highest BCUT2D eigenvalue weighted by molar-refractivity contribution is 5.28. The van der Waals surface area contributed by atoms with Crippen molar-refractivity contribution in [2.75, 3.05) is 0 Å². The standard InChI is InChI=1S/C15H26.C4H10.2C3H8.C2H6/c1-7-9-10-14(8-2)12-11-13(3)15(4,5)6;1-3-4-2;2*1-3-2;1-2/h8,11-12H,3,7,9-10H2,1-2,4-6H3;3-4H2,1-2H3;2*3H2,1-2H3;1-2H3/b12-11+,14-8-;;;;. The quantitative estimate of drug-likeness (QED) is 0.400. The summed E-state index contributed by atoms with van der Waals surface area (Å²) in [4.78, 5) is 0. The van der Waals surface area contributed by atoms with Crippen LogP contribution in [-0.4, -0.2) is 0 Å². The second kappa shape index (κ2) is 32.9. The molecular weight excluding hydrogens is 324 g/mol. The predicted octanol–water partition coefficient (Wildman–Crippen LogP) is 10.9. The molecule has 0 aromatic rings. The van der Waals surface area contributed by atoms with Crippen LogP contribution in [0.15, 0.2) is 36.0 Å². The van der Waals surface area contributed by atoms with Gasteiger partial charge >= 0.3 is 0 Å². The third-order valence-electron chi connectivity index (χ3n) is 3.15. The Morgan fingerprint density at radius 1 is 0.741 bits per heavy atom. The molecule has 0 aromatic carbocycles. The van der Waals surface area contributed by atoms with Gasteiger partial charge in [-0.05, 0) is 30.8 Å². The van der Waals surface area contributed by atoms with E-state index >= 15 is 0 Å². The second-order valence-electron chi connectivity index (χ2n) is 7.49. The lowest BCUT2D eigenvalue weighted by molar-refractivity contribution is 0.519. The molecule has 0 nitrogen and oxygen atoms in total. The van der Waals surface area contributed by atoms with Gasteiger partial charge in [0.2, 0.25) is 0 Å². The highest BCUT2D eigenvalue weighted by atomic mass is 14.2. The monoisotopic (exact) mass is 382 g/mol. The van der Waals surface area contributed by atoms with Gasteiger partial charge in [-0.15, -0.1) is 0 Å². The average molecular weight is 383 g/mol. The molecule has 0 rings (SSSR count). The molecule has 0 aliphatic heterocycles. The predicted molar refractivity (Wildman–Crippen MR) is 135 cm³/mol. The summed E-state index contributed by atoms with van der Waals surface area (Å²) in [6.45, 7) is 31.9. The summed E-state index contributed by atoms with van der Waals surface area (Å²) in [5.41, 5.74) is 2.79. The molecule has 0 aliphatic rings. The summed E-state index contributed by atoms with van der Waals surface area (Å²) >= 11 is 0. The van der Waals surface area contributed by atoms with Crippen molar-refractivity contribution in [1.82, 2.24) is 0 Å². The van der Waals surface area contributed by atoms with Crippen molar-refractivity contribution >= 4 is 0 Å². The minimum atomic E-state index is 0.181. The lowest BCUT2D eigenvalue weighted by Gasteiger charge is -2.18. The summed E-state index contributed by atoms with van der Waals surface area (Å²) < 4.78 is 0. The van der Waals surface area contributed by atoms with Crippen molar-refractivity contribution in [2.45, 2.75) is 135 Å². The molecule has 0 spiro atoms. The Morgan fingerprint density at radius 3 is 1.33 bits per heavy atom. The smallest absolute Gasteiger partial charge is 0.0138 e. The van der Waals surface area contributed by atoms with Crippen LogP contribution in [0.1, 0.15) is 135 Å². The van der Waals surface area contributed by atoms with Crippen molar-refractivity contribution in [3.63, 3.8) is 0 Å². The van der Waals surface area contributed by atoms with Gasteiger partial charge < -0.3 is 0 Å². The van der Waals surface area contributed by atoms with Crippen LogP contribution in [0.4, 0.5) is 0 Å². The zero-order valence-electron chi connectivity index (χ0n) is 21.9. The molecule has 0 unspecified atom stereocenters. The molecule has 0 atom stereocenters. The van der Waals surface area contributed by atoms with Gasteiger partial charge in [0, 0.05) is 0 Å². The van der Waals surface area contributed by atoms with Gasteiger partial charge in [-0.3, -0.25) is 0 Å².